The van der Waals surface area contributed by atoms with Crippen molar-refractivity contribution in [1.29, 1.82) is 0 Å². The molecule has 0 aliphatic heterocycles. The van der Waals surface area contributed by atoms with Crippen molar-refractivity contribution in [1.82, 2.24) is 4.98 Å². The highest BCUT2D eigenvalue weighted by Crippen LogP contribution is 2.26. The number of carbonyl (C=O) groups excluding carboxylic acids is 1. The van der Waals surface area contributed by atoms with Gasteiger partial charge < -0.3 is 4.74 Å². The summed E-state index contributed by atoms with van der Waals surface area (Å²) in [6.45, 7) is 0. The number of pyridine rings is 1. The zero-order valence-electron chi connectivity index (χ0n) is 7.13. The second-order valence-electron chi connectivity index (χ2n) is 2.37. The number of aldehydes is 1. The summed E-state index contributed by atoms with van der Waals surface area (Å²) in [5.74, 6) is 0.120. The van der Waals surface area contributed by atoms with Crippen LogP contribution in [0.4, 0.5) is 8.78 Å². The van der Waals surface area contributed by atoms with Gasteiger partial charge in [-0.05, 0) is 22.6 Å². The third-order valence-corrected chi connectivity index (χ3v) is 2.38. The van der Waals surface area contributed by atoms with Crippen molar-refractivity contribution < 1.29 is 18.3 Å². The van der Waals surface area contributed by atoms with E-state index in [1.807, 2.05) is 0 Å². The first-order valence-electron chi connectivity index (χ1n) is 3.58. The van der Waals surface area contributed by atoms with Gasteiger partial charge in [-0.1, -0.05) is 0 Å². The minimum Gasteiger partial charge on any atom is -0.496 e. The van der Waals surface area contributed by atoms with Crippen molar-refractivity contribution in [3.8, 4) is 5.75 Å². The Morgan fingerprint density at radius 2 is 2.29 bits per heavy atom. The van der Waals surface area contributed by atoms with E-state index in [0.29, 0.717) is 6.29 Å². The SMILES string of the molecule is COc1cc(C(F)F)nc(I)c1C=O. The molecule has 6 heteroatoms. The van der Waals surface area contributed by atoms with Gasteiger partial charge in [0.15, 0.2) is 6.29 Å². The van der Waals surface area contributed by atoms with Crippen LogP contribution in [0.2, 0.25) is 0 Å². The van der Waals surface area contributed by atoms with Crippen LogP contribution in [0.5, 0.6) is 5.75 Å². The Labute approximate surface area is 92.6 Å². The summed E-state index contributed by atoms with van der Waals surface area (Å²) in [7, 11) is 1.31. The number of rotatable bonds is 3. The van der Waals surface area contributed by atoms with Crippen molar-refractivity contribution in [3.05, 3.63) is 21.0 Å². The summed E-state index contributed by atoms with van der Waals surface area (Å²) in [5.41, 5.74) is -0.200. The van der Waals surface area contributed by atoms with Gasteiger partial charge in [0.2, 0.25) is 0 Å². The van der Waals surface area contributed by atoms with Crippen molar-refractivity contribution >= 4 is 28.9 Å². The molecule has 0 fully saturated rings. The second kappa shape index (κ2) is 4.63. The van der Waals surface area contributed by atoms with E-state index in [9.17, 15) is 13.6 Å². The number of halogens is 3. The van der Waals surface area contributed by atoms with Gasteiger partial charge in [0.1, 0.15) is 15.1 Å². The second-order valence-corrected chi connectivity index (χ2v) is 3.39. The molecule has 3 nitrogen and oxygen atoms in total. The molecule has 1 rings (SSSR count). The number of nitrogens with zero attached hydrogens (tertiary/aromatic N) is 1. The van der Waals surface area contributed by atoms with Crippen LogP contribution in [0.1, 0.15) is 22.5 Å². The van der Waals surface area contributed by atoms with Crippen LogP contribution in [0, 0.1) is 3.70 Å². The molecule has 0 amide bonds. The normalized spacial score (nSPS) is 10.4. The zero-order valence-corrected chi connectivity index (χ0v) is 9.29. The summed E-state index contributed by atoms with van der Waals surface area (Å²) in [4.78, 5) is 14.2. The van der Waals surface area contributed by atoms with Gasteiger partial charge in [0, 0.05) is 6.07 Å². The monoisotopic (exact) mass is 313 g/mol. The Kier molecular flexibility index (Phi) is 3.73. The number of aromatic nitrogens is 1. The van der Waals surface area contributed by atoms with Crippen molar-refractivity contribution in [2.24, 2.45) is 0 Å². The van der Waals surface area contributed by atoms with Crippen LogP contribution < -0.4 is 4.74 Å². The van der Waals surface area contributed by atoms with E-state index in [2.05, 4.69) is 4.98 Å². The molecule has 0 aliphatic carbocycles. The third kappa shape index (κ3) is 2.17. The lowest BCUT2D eigenvalue weighted by Gasteiger charge is -2.07. The van der Waals surface area contributed by atoms with Crippen LogP contribution in [-0.2, 0) is 0 Å². The Morgan fingerprint density at radius 3 is 2.71 bits per heavy atom. The molecule has 1 aromatic rings. The van der Waals surface area contributed by atoms with E-state index in [4.69, 9.17) is 4.74 Å². The topological polar surface area (TPSA) is 39.2 Å². The molecule has 0 unspecified atom stereocenters. The zero-order chi connectivity index (χ0) is 10.7. The molecule has 1 aromatic heterocycles. The highest BCUT2D eigenvalue weighted by atomic mass is 127. The summed E-state index contributed by atoms with van der Waals surface area (Å²) in [6.07, 6.45) is -2.14. The fraction of sp³-hybridized carbons (Fsp3) is 0.250. The largest absolute Gasteiger partial charge is 0.496 e. The number of carbonyl (C=O) groups is 1. The molecule has 0 spiro atoms. The van der Waals surface area contributed by atoms with Gasteiger partial charge in [0.25, 0.3) is 6.43 Å². The molecule has 0 N–H and O–H groups in total. The molecule has 0 aromatic carbocycles. The standard InChI is InChI=1S/C8H6F2INO2/c1-14-6-2-5(7(9)10)12-8(11)4(6)3-13/h2-3,7H,1H3. The maximum atomic E-state index is 12.3. The van der Waals surface area contributed by atoms with Crippen LogP contribution >= 0.6 is 22.6 Å². The van der Waals surface area contributed by atoms with Gasteiger partial charge >= 0.3 is 0 Å². The predicted octanol–water partition coefficient (Wildman–Crippen LogP) is 2.44. The number of ether oxygens (including phenoxy) is 1. The minimum atomic E-state index is -2.67. The molecule has 76 valence electrons. The van der Waals surface area contributed by atoms with Gasteiger partial charge in [-0.2, -0.15) is 0 Å². The fourth-order valence-corrected chi connectivity index (χ4v) is 1.58. The van der Waals surface area contributed by atoms with E-state index in [-0.39, 0.29) is 15.0 Å². The van der Waals surface area contributed by atoms with Gasteiger partial charge in [-0.3, -0.25) is 4.79 Å². The number of hydrogen-bond donors (Lipinski definition) is 0. The van der Waals surface area contributed by atoms with Crippen LogP contribution in [0.3, 0.4) is 0 Å². The highest BCUT2D eigenvalue weighted by molar-refractivity contribution is 14.1. The Hall–Kier alpha value is -0.790. The Morgan fingerprint density at radius 1 is 1.64 bits per heavy atom. The maximum Gasteiger partial charge on any atom is 0.280 e. The number of hydrogen-bond acceptors (Lipinski definition) is 3. The highest BCUT2D eigenvalue weighted by Gasteiger charge is 2.16. The van der Waals surface area contributed by atoms with E-state index in [1.54, 1.807) is 22.6 Å². The quantitative estimate of drug-likeness (QED) is 0.489. The lowest BCUT2D eigenvalue weighted by atomic mass is 10.2. The fourth-order valence-electron chi connectivity index (χ4n) is 0.907. The minimum absolute atomic E-state index is 0.120. The molecule has 0 saturated carbocycles. The van der Waals surface area contributed by atoms with Crippen LogP contribution in [0.15, 0.2) is 6.07 Å². The lowest BCUT2D eigenvalue weighted by molar-refractivity contribution is 0.111. The molecule has 1 heterocycles. The first-order valence-corrected chi connectivity index (χ1v) is 4.65. The molecule has 0 saturated heterocycles. The maximum absolute atomic E-state index is 12.3. The van der Waals surface area contributed by atoms with E-state index >= 15 is 0 Å². The third-order valence-electron chi connectivity index (χ3n) is 1.56. The average Bonchev–Trinajstić information content (AvgIpc) is 2.16. The molecular formula is C8H6F2INO2. The molecule has 14 heavy (non-hydrogen) atoms. The lowest BCUT2D eigenvalue weighted by Crippen LogP contribution is -2.01. The molecule has 0 aliphatic rings. The van der Waals surface area contributed by atoms with Gasteiger partial charge in [0.05, 0.1) is 12.7 Å². The summed E-state index contributed by atoms with van der Waals surface area (Å²) >= 11 is 1.71. The molecule has 0 radical (unpaired) electrons. The predicted molar refractivity (Wildman–Crippen MR) is 53.9 cm³/mol. The van der Waals surface area contributed by atoms with E-state index < -0.39 is 12.1 Å². The van der Waals surface area contributed by atoms with Crippen LogP contribution in [0.25, 0.3) is 0 Å². The smallest absolute Gasteiger partial charge is 0.280 e. The van der Waals surface area contributed by atoms with E-state index in [1.165, 1.54) is 7.11 Å². The molecule has 0 atom stereocenters. The van der Waals surface area contributed by atoms with Crippen molar-refractivity contribution in [3.63, 3.8) is 0 Å². The van der Waals surface area contributed by atoms with E-state index in [0.717, 1.165) is 6.07 Å². The average molecular weight is 313 g/mol. The first-order chi connectivity index (χ1) is 6.60. The van der Waals surface area contributed by atoms with Gasteiger partial charge in [-0.25, -0.2) is 13.8 Å². The molecular weight excluding hydrogens is 307 g/mol. The summed E-state index contributed by atoms with van der Waals surface area (Å²) in [5, 5.41) is 0. The van der Waals surface area contributed by atoms with Crippen molar-refractivity contribution in [2.45, 2.75) is 6.43 Å². The van der Waals surface area contributed by atoms with Crippen molar-refractivity contribution in [2.75, 3.05) is 7.11 Å². The number of alkyl halides is 2. The summed E-state index contributed by atoms with van der Waals surface area (Å²) < 4.78 is 29.6. The molecule has 0 bridgehead atoms. The van der Waals surface area contributed by atoms with Crippen LogP contribution in [-0.4, -0.2) is 18.4 Å². The Bertz CT molecular complexity index is 357. The first kappa shape index (κ1) is 11.3. The number of methoxy groups -OCH3 is 1. The van der Waals surface area contributed by atoms with Gasteiger partial charge in [-0.15, -0.1) is 0 Å². The summed E-state index contributed by atoms with van der Waals surface area (Å²) in [6, 6.07) is 1.07. The Balaban J connectivity index is 3.31.